The third-order valence-corrected chi connectivity index (χ3v) is 8.71. The molecule has 1 aromatic carbocycles. The molecule has 1 saturated heterocycles. The molecule has 2 aromatic rings. The van der Waals surface area contributed by atoms with Gasteiger partial charge in [0, 0.05) is 42.1 Å². The van der Waals surface area contributed by atoms with E-state index in [0.29, 0.717) is 36.5 Å². The molecule has 1 unspecified atom stereocenters. The lowest BCUT2D eigenvalue weighted by Crippen LogP contribution is -2.47. The maximum atomic E-state index is 13.1. The van der Waals surface area contributed by atoms with Crippen LogP contribution in [0.3, 0.4) is 0 Å². The van der Waals surface area contributed by atoms with Crippen LogP contribution in [0.2, 0.25) is 0 Å². The van der Waals surface area contributed by atoms with Crippen molar-refractivity contribution in [2.45, 2.75) is 30.1 Å². The van der Waals surface area contributed by atoms with Crippen molar-refractivity contribution in [3.8, 4) is 5.75 Å². The molecule has 1 atom stereocenters. The molecule has 0 radical (unpaired) electrons. The molecule has 1 aliphatic heterocycles. The molecular formula is C18H22F3N4O3PS. The summed E-state index contributed by atoms with van der Waals surface area (Å²) in [7, 11) is -0.344. The predicted octanol–water partition coefficient (Wildman–Crippen LogP) is 3.35. The first-order chi connectivity index (χ1) is 14.1. The zero-order chi connectivity index (χ0) is 21.8. The summed E-state index contributed by atoms with van der Waals surface area (Å²) < 4.78 is 55.4. The predicted molar refractivity (Wildman–Crippen MR) is 112 cm³/mol. The van der Waals surface area contributed by atoms with Gasteiger partial charge in [-0.15, -0.1) is 13.2 Å². The highest BCUT2D eigenvalue weighted by Gasteiger charge is 2.31. The minimum atomic E-state index is -4.76. The molecule has 3 rings (SSSR count). The number of rotatable bonds is 5. The first kappa shape index (κ1) is 22.5. The highest BCUT2D eigenvalue weighted by Crippen LogP contribution is 2.32. The van der Waals surface area contributed by atoms with Crippen LogP contribution in [0.15, 0.2) is 53.7 Å². The molecule has 1 fully saturated rings. The van der Waals surface area contributed by atoms with E-state index in [1.807, 2.05) is 4.31 Å². The number of aromatic nitrogens is 1. The number of thiol groups is 1. The summed E-state index contributed by atoms with van der Waals surface area (Å²) in [6, 6.07) is 7.85. The molecule has 0 bridgehead atoms. The smallest absolute Gasteiger partial charge is 0.406 e. The molecule has 1 aliphatic rings. The summed E-state index contributed by atoms with van der Waals surface area (Å²) in [6.07, 6.45) is -0.315. The average molecular weight is 462 g/mol. The molecule has 1 aromatic heterocycles. The normalized spacial score (nSPS) is 16.7. The van der Waals surface area contributed by atoms with Gasteiger partial charge in [-0.1, -0.05) is 0 Å². The summed E-state index contributed by atoms with van der Waals surface area (Å²) >= 11 is 0. The van der Waals surface area contributed by atoms with Gasteiger partial charge in [0.15, 0.2) is 0 Å². The van der Waals surface area contributed by atoms with Gasteiger partial charge in [-0.2, -0.15) is 0 Å². The van der Waals surface area contributed by atoms with Crippen LogP contribution in [0, 0.1) is 0 Å². The average Bonchev–Trinajstić information content (AvgIpc) is 2.69. The first-order valence-electron chi connectivity index (χ1n) is 9.11. The van der Waals surface area contributed by atoms with Crippen LogP contribution in [0.1, 0.15) is 12.8 Å². The number of hydrogen-bond acceptors (Lipinski definition) is 4. The first-order valence-corrected chi connectivity index (χ1v) is 12.4. The van der Waals surface area contributed by atoms with Gasteiger partial charge in [-0.25, -0.2) is 9.10 Å². The minimum Gasteiger partial charge on any atom is -0.406 e. The van der Waals surface area contributed by atoms with Crippen LogP contribution in [-0.2, 0) is 9.74 Å². The summed E-state index contributed by atoms with van der Waals surface area (Å²) in [6.45, 7) is 1.09. The Morgan fingerprint density at radius 2 is 1.87 bits per heavy atom. The van der Waals surface area contributed by atoms with Gasteiger partial charge in [-0.05, 0) is 67.4 Å². The number of nitrogens with one attached hydrogen (secondary N) is 2. The number of benzene rings is 1. The molecule has 0 saturated carbocycles. The second kappa shape index (κ2) is 9.28. The number of hydrogen-bond donors (Lipinski definition) is 3. The van der Waals surface area contributed by atoms with E-state index in [4.69, 9.17) is 0 Å². The van der Waals surface area contributed by atoms with Gasteiger partial charge < -0.3 is 15.4 Å². The monoisotopic (exact) mass is 462 g/mol. The zero-order valence-electron chi connectivity index (χ0n) is 15.8. The van der Waals surface area contributed by atoms with Crippen molar-refractivity contribution >= 4 is 29.9 Å². The number of carbonyl (C=O) groups excluding carboxylic acids is 1. The van der Waals surface area contributed by atoms with E-state index in [0.717, 1.165) is 12.1 Å². The number of urea groups is 1. The minimum absolute atomic E-state index is 0.104. The van der Waals surface area contributed by atoms with Crippen molar-refractivity contribution in [3.63, 3.8) is 0 Å². The van der Waals surface area contributed by atoms with Crippen molar-refractivity contribution < 1.29 is 26.9 Å². The summed E-state index contributed by atoms with van der Waals surface area (Å²) in [5.41, 5.74) is 0.338. The molecule has 2 N–H and O–H groups in total. The lowest BCUT2D eigenvalue weighted by atomic mass is 10.1. The van der Waals surface area contributed by atoms with E-state index < -0.39 is 22.1 Å². The van der Waals surface area contributed by atoms with E-state index in [-0.39, 0.29) is 11.8 Å². The van der Waals surface area contributed by atoms with Crippen molar-refractivity contribution in [1.82, 2.24) is 14.6 Å². The number of carbonyl (C=O) groups is 1. The molecule has 30 heavy (non-hydrogen) atoms. The van der Waals surface area contributed by atoms with Crippen LogP contribution >= 0.6 is 8.44 Å². The maximum absolute atomic E-state index is 13.1. The quantitative estimate of drug-likeness (QED) is 0.470. The highest BCUT2D eigenvalue weighted by atomic mass is 32.8. The van der Waals surface area contributed by atoms with Crippen molar-refractivity contribution in [3.05, 3.63) is 48.8 Å². The van der Waals surface area contributed by atoms with Gasteiger partial charge in [0.05, 0.1) is 0 Å². The number of pyridine rings is 1. The summed E-state index contributed by atoms with van der Waals surface area (Å²) in [5.74, 6) is -0.365. The van der Waals surface area contributed by atoms with Crippen LogP contribution in [0.4, 0.5) is 23.7 Å². The molecule has 164 valence electrons. The number of amides is 2. The van der Waals surface area contributed by atoms with Gasteiger partial charge >= 0.3 is 12.4 Å². The zero-order valence-corrected chi connectivity index (χ0v) is 17.9. The molecule has 7 nitrogen and oxygen atoms in total. The lowest BCUT2D eigenvalue weighted by Gasteiger charge is -2.38. The lowest BCUT2D eigenvalue weighted by molar-refractivity contribution is -0.274. The van der Waals surface area contributed by atoms with Gasteiger partial charge in [0.25, 0.3) is 0 Å². The molecular weight excluding hydrogens is 440 g/mol. The molecule has 2 heterocycles. The maximum Gasteiger partial charge on any atom is 0.573 e. The van der Waals surface area contributed by atoms with Gasteiger partial charge in [0.1, 0.15) is 5.75 Å². The van der Waals surface area contributed by atoms with Crippen LogP contribution in [0.5, 0.6) is 5.75 Å². The fourth-order valence-electron chi connectivity index (χ4n) is 3.11. The Kier molecular flexibility index (Phi) is 6.95. The SMILES string of the molecule is O=C(Nc1ccc(OC(F)(F)F)cc1)NC1CCN([SH](=O)(P)c2cccnc2)CC1. The Morgan fingerprint density at radius 3 is 2.43 bits per heavy atom. The van der Waals surface area contributed by atoms with Crippen molar-refractivity contribution in [2.24, 2.45) is 0 Å². The van der Waals surface area contributed by atoms with Gasteiger partial charge in [-0.3, -0.25) is 9.19 Å². The van der Waals surface area contributed by atoms with Crippen molar-refractivity contribution in [1.29, 1.82) is 0 Å². The second-order valence-corrected chi connectivity index (χ2v) is 11.2. The van der Waals surface area contributed by atoms with Gasteiger partial charge in [0.2, 0.25) is 0 Å². The third kappa shape index (κ3) is 6.13. The molecule has 2 amide bonds. The fourth-order valence-corrected chi connectivity index (χ4v) is 5.94. The second-order valence-electron chi connectivity index (χ2n) is 6.73. The standard InChI is InChI=1S/C18H22F3N4O3PS/c19-18(20,21)28-15-5-3-13(4-6-15)23-17(26)24-14-7-10-25(11-8-14)30(27,29)16-2-1-9-22-12-16/h1-6,9,12,14,30H,7-8,10-11,29H2,(H2,23,24,26). The van der Waals surface area contributed by atoms with E-state index in [9.17, 15) is 22.2 Å². The van der Waals surface area contributed by atoms with E-state index in [1.54, 1.807) is 24.5 Å². The number of nitrogens with zero attached hydrogens (tertiary/aromatic N) is 2. The topological polar surface area (TPSA) is 83.6 Å². The van der Waals surface area contributed by atoms with E-state index in [1.165, 1.54) is 12.1 Å². The third-order valence-electron chi connectivity index (χ3n) is 4.59. The van der Waals surface area contributed by atoms with Crippen LogP contribution < -0.4 is 15.4 Å². The summed E-state index contributed by atoms with van der Waals surface area (Å²) in [5, 5.41) is 5.41. The van der Waals surface area contributed by atoms with Crippen molar-refractivity contribution in [2.75, 3.05) is 18.4 Å². The number of piperidine rings is 1. The Hall–Kier alpha value is -2.23. The molecule has 0 spiro atoms. The molecule has 12 heteroatoms. The van der Waals surface area contributed by atoms with E-state index >= 15 is 0 Å². The number of alkyl halides is 3. The largest absolute Gasteiger partial charge is 0.573 e. The number of ether oxygens (including phenoxy) is 1. The highest BCUT2D eigenvalue weighted by molar-refractivity contribution is 8.43. The fraction of sp³-hybridized carbons (Fsp3) is 0.333. The summed E-state index contributed by atoms with van der Waals surface area (Å²) in [4.78, 5) is 16.9. The number of anilines is 1. The van der Waals surface area contributed by atoms with E-state index in [2.05, 4.69) is 28.8 Å². The molecule has 0 aliphatic carbocycles. The number of halogens is 3. The van der Waals surface area contributed by atoms with Crippen LogP contribution in [-0.4, -0.2) is 45.0 Å². The Labute approximate surface area is 174 Å². The van der Waals surface area contributed by atoms with Crippen LogP contribution in [0.25, 0.3) is 0 Å². The Morgan fingerprint density at radius 1 is 1.20 bits per heavy atom. The Bertz CT molecular complexity index is 907. The Balaban J connectivity index is 1.48.